The molecule has 0 amide bonds. The number of nitrogens with two attached hydrogens (primary N) is 1. The van der Waals surface area contributed by atoms with Gasteiger partial charge in [0.15, 0.2) is 5.60 Å². The van der Waals surface area contributed by atoms with E-state index < -0.39 is 5.60 Å². The van der Waals surface area contributed by atoms with Crippen LogP contribution in [0.25, 0.3) is 28.0 Å². The molecule has 4 nitrogen and oxygen atoms in total. The number of aryl methyl sites for hydroxylation is 1. The van der Waals surface area contributed by atoms with Crippen LogP contribution in [0.4, 0.5) is 5.69 Å². The van der Waals surface area contributed by atoms with Gasteiger partial charge in [0.1, 0.15) is 17.2 Å². The van der Waals surface area contributed by atoms with Crippen LogP contribution >= 0.6 is 0 Å². The number of hydrogen-bond acceptors (Lipinski definition) is 4. The van der Waals surface area contributed by atoms with E-state index in [2.05, 4.69) is 72.8 Å². The van der Waals surface area contributed by atoms with E-state index in [1.807, 2.05) is 30.3 Å². The zero-order valence-electron chi connectivity index (χ0n) is 22.0. The minimum absolute atomic E-state index is 0.711. The lowest BCUT2D eigenvalue weighted by molar-refractivity contribution is 0.163. The van der Waals surface area contributed by atoms with Gasteiger partial charge in [-0.05, 0) is 83.0 Å². The van der Waals surface area contributed by atoms with E-state index in [1.54, 1.807) is 14.2 Å². The Morgan fingerprint density at radius 3 is 2.26 bits per heavy atom. The van der Waals surface area contributed by atoms with Crippen molar-refractivity contribution < 1.29 is 14.2 Å². The minimum atomic E-state index is -0.799. The fourth-order valence-corrected chi connectivity index (χ4v) is 6.21. The third kappa shape index (κ3) is 3.59. The molecule has 1 aliphatic carbocycles. The highest BCUT2D eigenvalue weighted by molar-refractivity contribution is 6.07. The molecule has 1 heterocycles. The van der Waals surface area contributed by atoms with Crippen molar-refractivity contribution in [1.29, 1.82) is 0 Å². The highest BCUT2D eigenvalue weighted by atomic mass is 16.5. The van der Waals surface area contributed by atoms with Crippen LogP contribution in [-0.2, 0) is 18.4 Å². The van der Waals surface area contributed by atoms with Crippen LogP contribution < -0.4 is 19.9 Å². The Bertz CT molecular complexity index is 1760. The Labute approximate surface area is 228 Å². The molecule has 2 aliphatic rings. The van der Waals surface area contributed by atoms with Crippen LogP contribution in [0.3, 0.4) is 0 Å². The summed E-state index contributed by atoms with van der Waals surface area (Å²) in [7, 11) is 3.40. The van der Waals surface area contributed by atoms with Crippen LogP contribution in [0.5, 0.6) is 17.2 Å². The number of fused-ring (bicyclic) bond motifs is 8. The van der Waals surface area contributed by atoms with Crippen molar-refractivity contribution in [1.82, 2.24) is 0 Å². The predicted octanol–water partition coefficient (Wildman–Crippen LogP) is 7.55. The number of rotatable bonds is 4. The zero-order chi connectivity index (χ0) is 26.6. The summed E-state index contributed by atoms with van der Waals surface area (Å²) in [6.07, 6.45) is 6.33. The summed E-state index contributed by atoms with van der Waals surface area (Å²) in [6, 6.07) is 31.1. The minimum Gasteiger partial charge on any atom is -0.497 e. The summed E-state index contributed by atoms with van der Waals surface area (Å²) >= 11 is 0. The summed E-state index contributed by atoms with van der Waals surface area (Å²) < 4.78 is 18.2. The molecule has 2 N–H and O–H groups in total. The molecule has 0 bridgehead atoms. The number of anilines is 1. The molecular formula is C35H29NO3. The Morgan fingerprint density at radius 2 is 1.49 bits per heavy atom. The fourth-order valence-electron chi connectivity index (χ4n) is 6.21. The standard InChI is InChI=1S/C35H29NO3/c1-37-26-12-9-24(10-13-26)35(23-6-4-3-5-7-23)19-18-31-29-15-8-22-20-27(38-2)14-17-28(22)33(29)30-16-11-25(36)21-32(30)34(31)39-35/h3-7,9-14,16-21H,8,15,36H2,1-2H3. The zero-order valence-corrected chi connectivity index (χ0v) is 22.0. The number of nitrogen functional groups attached to an aromatic ring is 1. The van der Waals surface area contributed by atoms with E-state index in [0.29, 0.717) is 5.69 Å². The fraction of sp³-hybridized carbons (Fsp3) is 0.143. The molecule has 1 aliphatic heterocycles. The van der Waals surface area contributed by atoms with Crippen molar-refractivity contribution in [2.75, 3.05) is 20.0 Å². The monoisotopic (exact) mass is 511 g/mol. The molecule has 4 heteroatoms. The lowest BCUT2D eigenvalue weighted by Gasteiger charge is -2.38. The maximum atomic E-state index is 7.22. The maximum absolute atomic E-state index is 7.22. The summed E-state index contributed by atoms with van der Waals surface area (Å²) in [4.78, 5) is 0. The molecule has 5 aromatic rings. The van der Waals surface area contributed by atoms with Gasteiger partial charge in [0.05, 0.1) is 14.2 Å². The van der Waals surface area contributed by atoms with Gasteiger partial charge in [0, 0.05) is 27.8 Å². The van der Waals surface area contributed by atoms with E-state index in [1.165, 1.54) is 22.3 Å². The summed E-state index contributed by atoms with van der Waals surface area (Å²) in [6.45, 7) is 0. The molecule has 0 saturated carbocycles. The van der Waals surface area contributed by atoms with Gasteiger partial charge in [-0.15, -0.1) is 0 Å². The van der Waals surface area contributed by atoms with E-state index in [4.69, 9.17) is 19.9 Å². The van der Waals surface area contributed by atoms with E-state index in [0.717, 1.165) is 57.6 Å². The van der Waals surface area contributed by atoms with Gasteiger partial charge in [-0.2, -0.15) is 0 Å². The maximum Gasteiger partial charge on any atom is 0.178 e. The van der Waals surface area contributed by atoms with Crippen molar-refractivity contribution in [3.8, 4) is 28.4 Å². The second kappa shape index (κ2) is 8.95. The van der Waals surface area contributed by atoms with Crippen LogP contribution in [0.1, 0.15) is 27.8 Å². The Balaban J connectivity index is 1.50. The average molecular weight is 512 g/mol. The first-order valence-corrected chi connectivity index (χ1v) is 13.2. The smallest absolute Gasteiger partial charge is 0.178 e. The van der Waals surface area contributed by atoms with Gasteiger partial charge in [-0.1, -0.05) is 60.7 Å². The molecule has 0 spiro atoms. The molecular weight excluding hydrogens is 482 g/mol. The second-order valence-electron chi connectivity index (χ2n) is 10.2. The van der Waals surface area contributed by atoms with Crippen LogP contribution in [0.15, 0.2) is 97.1 Å². The number of ether oxygens (including phenoxy) is 3. The number of benzene rings is 5. The Morgan fingerprint density at radius 1 is 0.744 bits per heavy atom. The second-order valence-corrected chi connectivity index (χ2v) is 10.2. The van der Waals surface area contributed by atoms with Crippen LogP contribution in [0.2, 0.25) is 0 Å². The molecule has 0 aromatic heterocycles. The molecule has 0 fully saturated rings. The largest absolute Gasteiger partial charge is 0.497 e. The van der Waals surface area contributed by atoms with Gasteiger partial charge < -0.3 is 19.9 Å². The normalized spacial score (nSPS) is 17.1. The first-order chi connectivity index (χ1) is 19.1. The van der Waals surface area contributed by atoms with E-state index in [-0.39, 0.29) is 0 Å². The van der Waals surface area contributed by atoms with Crippen molar-refractivity contribution in [2.45, 2.75) is 18.4 Å². The van der Waals surface area contributed by atoms with Gasteiger partial charge in [0.2, 0.25) is 0 Å². The summed E-state index contributed by atoms with van der Waals surface area (Å²) in [5, 5.41) is 2.17. The SMILES string of the molecule is COc1ccc(C2(c3ccccc3)C=Cc3c4c(c5ccc(N)cc5c3O2)-c2ccc(OC)cc2CC4)cc1. The lowest BCUT2D eigenvalue weighted by atomic mass is 9.77. The quantitative estimate of drug-likeness (QED) is 0.253. The first-order valence-electron chi connectivity index (χ1n) is 13.2. The molecule has 0 radical (unpaired) electrons. The third-order valence-electron chi connectivity index (χ3n) is 8.12. The first kappa shape index (κ1) is 23.4. The summed E-state index contributed by atoms with van der Waals surface area (Å²) in [5.41, 5.74) is 14.6. The predicted molar refractivity (Wildman–Crippen MR) is 158 cm³/mol. The summed E-state index contributed by atoms with van der Waals surface area (Å²) in [5.74, 6) is 2.57. The highest BCUT2D eigenvalue weighted by Gasteiger charge is 2.39. The van der Waals surface area contributed by atoms with Crippen LogP contribution in [-0.4, -0.2) is 14.2 Å². The molecule has 0 saturated heterocycles. The van der Waals surface area contributed by atoms with E-state index in [9.17, 15) is 0 Å². The third-order valence-corrected chi connectivity index (χ3v) is 8.12. The Kier molecular flexibility index (Phi) is 5.38. The average Bonchev–Trinajstić information content (AvgIpc) is 3.00. The van der Waals surface area contributed by atoms with E-state index >= 15 is 0 Å². The van der Waals surface area contributed by atoms with Crippen molar-refractivity contribution in [3.05, 3.63) is 125 Å². The van der Waals surface area contributed by atoms with Crippen molar-refractivity contribution in [2.24, 2.45) is 0 Å². The number of methoxy groups -OCH3 is 2. The molecule has 1 atom stereocenters. The molecule has 5 aromatic carbocycles. The van der Waals surface area contributed by atoms with Gasteiger partial charge in [-0.25, -0.2) is 0 Å². The molecule has 1 unspecified atom stereocenters. The van der Waals surface area contributed by atoms with Gasteiger partial charge in [-0.3, -0.25) is 0 Å². The molecule has 192 valence electrons. The lowest BCUT2D eigenvalue weighted by Crippen LogP contribution is -2.34. The molecule has 7 rings (SSSR count). The highest BCUT2D eigenvalue weighted by Crippen LogP contribution is 2.52. The number of hydrogen-bond donors (Lipinski definition) is 1. The van der Waals surface area contributed by atoms with Gasteiger partial charge >= 0.3 is 0 Å². The topological polar surface area (TPSA) is 53.7 Å². The van der Waals surface area contributed by atoms with Crippen molar-refractivity contribution in [3.63, 3.8) is 0 Å². The van der Waals surface area contributed by atoms with Gasteiger partial charge in [0.25, 0.3) is 0 Å². The van der Waals surface area contributed by atoms with Crippen LogP contribution in [0, 0.1) is 0 Å². The van der Waals surface area contributed by atoms with Crippen molar-refractivity contribution >= 4 is 22.5 Å². The Hall–Kier alpha value is -4.70. The molecule has 39 heavy (non-hydrogen) atoms.